The van der Waals surface area contributed by atoms with Crippen LogP contribution in [0.3, 0.4) is 0 Å². The van der Waals surface area contributed by atoms with E-state index >= 15 is 0 Å². The van der Waals surface area contributed by atoms with Gasteiger partial charge in [-0.3, -0.25) is 4.79 Å². The maximum atomic E-state index is 11.8. The van der Waals surface area contributed by atoms with Gasteiger partial charge in [-0.2, -0.15) is 0 Å². The number of aryl methyl sites for hydroxylation is 1. The Bertz CT molecular complexity index is 580. The SMILES string of the molecule is Cc1ccc(C(O)CNC(=O)c2csc(CN)n2)cc1. The fraction of sp³-hybridized carbons (Fsp3) is 0.286. The van der Waals surface area contributed by atoms with Gasteiger partial charge in [-0.05, 0) is 12.5 Å². The summed E-state index contributed by atoms with van der Waals surface area (Å²) in [4.78, 5) is 15.9. The van der Waals surface area contributed by atoms with Gasteiger partial charge in [-0.1, -0.05) is 29.8 Å². The third-order valence-corrected chi connectivity index (χ3v) is 3.75. The number of aliphatic hydroxyl groups is 1. The molecule has 1 amide bonds. The fourth-order valence-electron chi connectivity index (χ4n) is 1.70. The van der Waals surface area contributed by atoms with E-state index in [0.29, 0.717) is 17.2 Å². The van der Waals surface area contributed by atoms with Crippen molar-refractivity contribution in [3.8, 4) is 0 Å². The third-order valence-electron chi connectivity index (χ3n) is 2.88. The molecule has 2 aromatic rings. The molecule has 5 nitrogen and oxygen atoms in total. The van der Waals surface area contributed by atoms with Crippen LogP contribution in [0.25, 0.3) is 0 Å². The first-order chi connectivity index (χ1) is 9.60. The molecule has 0 saturated heterocycles. The topological polar surface area (TPSA) is 88.2 Å². The first-order valence-electron chi connectivity index (χ1n) is 6.27. The van der Waals surface area contributed by atoms with E-state index in [0.717, 1.165) is 11.1 Å². The molecule has 0 aliphatic heterocycles. The van der Waals surface area contributed by atoms with Crippen molar-refractivity contribution in [1.82, 2.24) is 10.3 Å². The monoisotopic (exact) mass is 291 g/mol. The summed E-state index contributed by atoms with van der Waals surface area (Å²) in [5, 5.41) is 15.0. The molecule has 4 N–H and O–H groups in total. The predicted molar refractivity (Wildman–Crippen MR) is 78.5 cm³/mol. The fourth-order valence-corrected chi connectivity index (χ4v) is 2.35. The van der Waals surface area contributed by atoms with E-state index in [4.69, 9.17) is 5.73 Å². The maximum Gasteiger partial charge on any atom is 0.270 e. The Kier molecular flexibility index (Phi) is 4.84. The zero-order chi connectivity index (χ0) is 14.5. The summed E-state index contributed by atoms with van der Waals surface area (Å²) in [5.74, 6) is -0.299. The summed E-state index contributed by atoms with van der Waals surface area (Å²) < 4.78 is 0. The van der Waals surface area contributed by atoms with Crippen LogP contribution in [0.1, 0.15) is 32.7 Å². The Morgan fingerprint density at radius 1 is 1.45 bits per heavy atom. The lowest BCUT2D eigenvalue weighted by molar-refractivity contribution is 0.0912. The number of rotatable bonds is 5. The van der Waals surface area contributed by atoms with Crippen LogP contribution in [0.5, 0.6) is 0 Å². The van der Waals surface area contributed by atoms with Crippen LogP contribution < -0.4 is 11.1 Å². The summed E-state index contributed by atoms with van der Waals surface area (Å²) in [6.07, 6.45) is -0.729. The summed E-state index contributed by atoms with van der Waals surface area (Å²) in [6.45, 7) is 2.45. The van der Waals surface area contributed by atoms with E-state index in [9.17, 15) is 9.90 Å². The zero-order valence-corrected chi connectivity index (χ0v) is 12.0. The van der Waals surface area contributed by atoms with Crippen molar-refractivity contribution in [2.75, 3.05) is 6.54 Å². The molecule has 0 bridgehead atoms. The summed E-state index contributed by atoms with van der Waals surface area (Å²) in [6, 6.07) is 7.55. The number of hydrogen-bond donors (Lipinski definition) is 3. The maximum absolute atomic E-state index is 11.8. The average Bonchev–Trinajstić information content (AvgIpc) is 2.94. The first-order valence-corrected chi connectivity index (χ1v) is 7.15. The van der Waals surface area contributed by atoms with E-state index in [2.05, 4.69) is 10.3 Å². The van der Waals surface area contributed by atoms with Gasteiger partial charge in [0.25, 0.3) is 5.91 Å². The van der Waals surface area contributed by atoms with Crippen LogP contribution in [0, 0.1) is 6.92 Å². The largest absolute Gasteiger partial charge is 0.387 e. The van der Waals surface area contributed by atoms with Gasteiger partial charge in [0.1, 0.15) is 10.7 Å². The van der Waals surface area contributed by atoms with Crippen LogP contribution in [-0.2, 0) is 6.54 Å². The average molecular weight is 291 g/mol. The van der Waals surface area contributed by atoms with E-state index in [1.807, 2.05) is 31.2 Å². The lowest BCUT2D eigenvalue weighted by Gasteiger charge is -2.11. The first kappa shape index (κ1) is 14.6. The molecule has 1 unspecified atom stereocenters. The normalized spacial score (nSPS) is 12.2. The Morgan fingerprint density at radius 3 is 2.75 bits per heavy atom. The number of nitrogens with zero attached hydrogens (tertiary/aromatic N) is 1. The lowest BCUT2D eigenvalue weighted by atomic mass is 10.1. The molecule has 1 aromatic carbocycles. The summed E-state index contributed by atoms with van der Waals surface area (Å²) >= 11 is 1.35. The minimum atomic E-state index is -0.729. The number of thiazole rings is 1. The Labute approximate surface area is 121 Å². The van der Waals surface area contributed by atoms with Crippen molar-refractivity contribution < 1.29 is 9.90 Å². The molecule has 0 fully saturated rings. The Morgan fingerprint density at radius 2 is 2.15 bits per heavy atom. The quantitative estimate of drug-likeness (QED) is 0.776. The number of aromatic nitrogens is 1. The van der Waals surface area contributed by atoms with Crippen molar-refractivity contribution >= 4 is 17.2 Å². The molecule has 0 spiro atoms. The van der Waals surface area contributed by atoms with Gasteiger partial charge in [0, 0.05) is 18.5 Å². The van der Waals surface area contributed by atoms with Gasteiger partial charge in [0.15, 0.2) is 0 Å². The molecule has 20 heavy (non-hydrogen) atoms. The minimum Gasteiger partial charge on any atom is -0.387 e. The third kappa shape index (κ3) is 3.63. The van der Waals surface area contributed by atoms with Gasteiger partial charge in [0.2, 0.25) is 0 Å². The molecule has 0 aliphatic rings. The van der Waals surface area contributed by atoms with Crippen LogP contribution in [-0.4, -0.2) is 22.5 Å². The van der Waals surface area contributed by atoms with Crippen molar-refractivity contribution in [3.05, 3.63) is 51.5 Å². The molecule has 2 rings (SSSR count). The van der Waals surface area contributed by atoms with Crippen LogP contribution in [0.4, 0.5) is 0 Å². The molecule has 0 radical (unpaired) electrons. The number of nitrogens with two attached hydrogens (primary N) is 1. The molecule has 1 atom stereocenters. The minimum absolute atomic E-state index is 0.150. The molecule has 1 aromatic heterocycles. The summed E-state index contributed by atoms with van der Waals surface area (Å²) in [7, 11) is 0. The van der Waals surface area contributed by atoms with Crippen LogP contribution in [0.2, 0.25) is 0 Å². The van der Waals surface area contributed by atoms with Crippen molar-refractivity contribution in [1.29, 1.82) is 0 Å². The zero-order valence-electron chi connectivity index (χ0n) is 11.2. The highest BCUT2D eigenvalue weighted by Gasteiger charge is 2.13. The molecular weight excluding hydrogens is 274 g/mol. The number of nitrogens with one attached hydrogen (secondary N) is 1. The summed E-state index contributed by atoms with van der Waals surface area (Å²) in [5.41, 5.74) is 7.69. The second kappa shape index (κ2) is 6.60. The number of carbonyl (C=O) groups is 1. The second-order valence-electron chi connectivity index (χ2n) is 4.47. The molecule has 0 saturated carbocycles. The van der Waals surface area contributed by atoms with Gasteiger partial charge in [-0.15, -0.1) is 11.3 Å². The highest BCUT2D eigenvalue weighted by Crippen LogP contribution is 2.13. The molecule has 0 aliphatic carbocycles. The molecular formula is C14H17N3O2S. The Hall–Kier alpha value is -1.76. The number of hydrogen-bond acceptors (Lipinski definition) is 5. The molecule has 106 valence electrons. The van der Waals surface area contributed by atoms with E-state index in [-0.39, 0.29) is 12.5 Å². The number of aliphatic hydroxyl groups excluding tert-OH is 1. The van der Waals surface area contributed by atoms with Crippen LogP contribution >= 0.6 is 11.3 Å². The van der Waals surface area contributed by atoms with Gasteiger partial charge >= 0.3 is 0 Å². The molecule has 6 heteroatoms. The van der Waals surface area contributed by atoms with Gasteiger partial charge < -0.3 is 16.2 Å². The number of amides is 1. The van der Waals surface area contributed by atoms with Gasteiger partial charge in [-0.25, -0.2) is 4.98 Å². The van der Waals surface area contributed by atoms with E-state index < -0.39 is 6.10 Å². The lowest BCUT2D eigenvalue weighted by Crippen LogP contribution is -2.28. The second-order valence-corrected chi connectivity index (χ2v) is 5.41. The van der Waals surface area contributed by atoms with Crippen LogP contribution in [0.15, 0.2) is 29.6 Å². The van der Waals surface area contributed by atoms with Crippen molar-refractivity contribution in [2.45, 2.75) is 19.6 Å². The highest BCUT2D eigenvalue weighted by molar-refractivity contribution is 7.09. The van der Waals surface area contributed by atoms with E-state index in [1.165, 1.54) is 11.3 Å². The van der Waals surface area contributed by atoms with Crippen molar-refractivity contribution in [3.63, 3.8) is 0 Å². The highest BCUT2D eigenvalue weighted by atomic mass is 32.1. The number of carbonyl (C=O) groups excluding carboxylic acids is 1. The molecule has 1 heterocycles. The smallest absolute Gasteiger partial charge is 0.270 e. The standard InChI is InChI=1S/C14H17N3O2S/c1-9-2-4-10(5-3-9)12(18)7-16-14(19)11-8-20-13(6-15)17-11/h2-5,8,12,18H,6-7,15H2,1H3,(H,16,19). The number of benzene rings is 1. The Balaban J connectivity index is 1.91. The van der Waals surface area contributed by atoms with Gasteiger partial charge in [0.05, 0.1) is 6.10 Å². The van der Waals surface area contributed by atoms with Crippen molar-refractivity contribution in [2.24, 2.45) is 5.73 Å². The predicted octanol–water partition coefficient (Wildman–Crippen LogP) is 1.37. The van der Waals surface area contributed by atoms with E-state index in [1.54, 1.807) is 5.38 Å².